The van der Waals surface area contributed by atoms with Crippen LogP contribution >= 0.6 is 0 Å². The average Bonchev–Trinajstić information content (AvgIpc) is 3.32. The zero-order chi connectivity index (χ0) is 17.3. The van der Waals surface area contributed by atoms with Crippen molar-refractivity contribution in [2.75, 3.05) is 18.4 Å². The highest BCUT2D eigenvalue weighted by atomic mass is 16.5. The van der Waals surface area contributed by atoms with Crippen LogP contribution in [0.4, 0.5) is 5.69 Å². The molecule has 1 atom stereocenters. The molecule has 25 heavy (non-hydrogen) atoms. The Kier molecular flexibility index (Phi) is 4.22. The van der Waals surface area contributed by atoms with Crippen LogP contribution in [0.1, 0.15) is 24.8 Å². The first-order valence-corrected chi connectivity index (χ1v) is 9.01. The number of hydrogen-bond donors (Lipinski definition) is 2. The summed E-state index contributed by atoms with van der Waals surface area (Å²) >= 11 is 0. The first-order chi connectivity index (χ1) is 12.2. The van der Waals surface area contributed by atoms with E-state index in [4.69, 9.17) is 4.74 Å². The number of carbonyl (C=O) groups is 1. The summed E-state index contributed by atoms with van der Waals surface area (Å²) in [5.74, 6) is 1.72. The molecule has 0 bridgehead atoms. The van der Waals surface area contributed by atoms with Crippen molar-refractivity contribution in [1.29, 1.82) is 0 Å². The van der Waals surface area contributed by atoms with Gasteiger partial charge in [0.05, 0.1) is 5.69 Å². The summed E-state index contributed by atoms with van der Waals surface area (Å²) in [5, 5.41) is 6.47. The summed E-state index contributed by atoms with van der Waals surface area (Å²) in [4.78, 5) is 12.7. The molecule has 2 aromatic rings. The van der Waals surface area contributed by atoms with Crippen LogP contribution in [0, 0.1) is 18.3 Å². The van der Waals surface area contributed by atoms with Gasteiger partial charge in [-0.15, -0.1) is 0 Å². The molecule has 1 unspecified atom stereocenters. The molecule has 1 heterocycles. The van der Waals surface area contributed by atoms with E-state index >= 15 is 0 Å². The molecule has 1 saturated carbocycles. The zero-order valence-electron chi connectivity index (χ0n) is 14.5. The molecule has 2 N–H and O–H groups in total. The molecule has 1 amide bonds. The van der Waals surface area contributed by atoms with E-state index in [9.17, 15) is 4.79 Å². The minimum atomic E-state index is 0.127. The highest BCUT2D eigenvalue weighted by Crippen LogP contribution is 2.58. The minimum Gasteiger partial charge on any atom is -0.455 e. The topological polar surface area (TPSA) is 50.4 Å². The smallest absolute Gasteiger partial charge is 0.228 e. The van der Waals surface area contributed by atoms with Crippen LogP contribution in [-0.2, 0) is 4.79 Å². The van der Waals surface area contributed by atoms with Gasteiger partial charge in [-0.1, -0.05) is 29.8 Å². The van der Waals surface area contributed by atoms with E-state index in [2.05, 4.69) is 10.6 Å². The molecule has 1 aliphatic carbocycles. The SMILES string of the molecule is Cc1ccc(Oc2ccccc2NC(=O)C2CC23CCNCC3)cc1. The highest BCUT2D eigenvalue weighted by Gasteiger charge is 2.57. The van der Waals surface area contributed by atoms with E-state index in [1.807, 2.05) is 55.5 Å². The Balaban J connectivity index is 1.46. The molecule has 130 valence electrons. The lowest BCUT2D eigenvalue weighted by Gasteiger charge is -2.23. The second kappa shape index (κ2) is 6.52. The lowest BCUT2D eigenvalue weighted by molar-refractivity contribution is -0.118. The maximum absolute atomic E-state index is 12.7. The monoisotopic (exact) mass is 336 g/mol. The van der Waals surface area contributed by atoms with E-state index in [-0.39, 0.29) is 17.2 Å². The average molecular weight is 336 g/mol. The molecular formula is C21H24N2O2. The van der Waals surface area contributed by atoms with Gasteiger partial charge in [0.1, 0.15) is 5.75 Å². The predicted octanol–water partition coefficient (Wildman–Crippen LogP) is 4.12. The lowest BCUT2D eigenvalue weighted by atomic mass is 9.92. The summed E-state index contributed by atoms with van der Waals surface area (Å²) < 4.78 is 5.98. The third-order valence-electron chi connectivity index (χ3n) is 5.50. The van der Waals surface area contributed by atoms with E-state index in [1.165, 1.54) is 5.56 Å². The molecule has 0 radical (unpaired) electrons. The fourth-order valence-corrected chi connectivity index (χ4v) is 3.81. The number of ether oxygens (including phenoxy) is 1. The Morgan fingerprint density at radius 1 is 1.12 bits per heavy atom. The van der Waals surface area contributed by atoms with Crippen LogP contribution in [0.5, 0.6) is 11.5 Å². The molecular weight excluding hydrogens is 312 g/mol. The van der Waals surface area contributed by atoms with Crippen molar-refractivity contribution in [1.82, 2.24) is 5.32 Å². The van der Waals surface area contributed by atoms with Gasteiger partial charge in [0.25, 0.3) is 0 Å². The van der Waals surface area contributed by atoms with Gasteiger partial charge >= 0.3 is 0 Å². The maximum atomic E-state index is 12.7. The summed E-state index contributed by atoms with van der Waals surface area (Å²) in [6.45, 7) is 4.10. The van der Waals surface area contributed by atoms with Crippen molar-refractivity contribution in [3.63, 3.8) is 0 Å². The molecule has 2 aliphatic rings. The Bertz CT molecular complexity index is 764. The standard InChI is InChI=1S/C21H24N2O2/c1-15-6-8-16(9-7-15)25-19-5-3-2-4-18(19)23-20(24)17-14-21(17)10-12-22-13-11-21/h2-9,17,22H,10-14H2,1H3,(H,23,24). The van der Waals surface area contributed by atoms with Crippen LogP contribution in [0.3, 0.4) is 0 Å². The van der Waals surface area contributed by atoms with E-state index in [0.29, 0.717) is 5.75 Å². The largest absolute Gasteiger partial charge is 0.455 e. The number of hydrogen-bond acceptors (Lipinski definition) is 3. The number of carbonyl (C=O) groups excluding carboxylic acids is 1. The normalized spacial score (nSPS) is 20.9. The fourth-order valence-electron chi connectivity index (χ4n) is 3.81. The highest BCUT2D eigenvalue weighted by molar-refractivity contribution is 5.96. The fraction of sp³-hybridized carbons (Fsp3) is 0.381. The number of aryl methyl sites for hydroxylation is 1. The number of rotatable bonds is 4. The second-order valence-electron chi connectivity index (χ2n) is 7.27. The zero-order valence-corrected chi connectivity index (χ0v) is 14.5. The predicted molar refractivity (Wildman–Crippen MR) is 99.0 cm³/mol. The van der Waals surface area contributed by atoms with Gasteiger partial charge in [-0.3, -0.25) is 4.79 Å². The number of benzene rings is 2. The third kappa shape index (κ3) is 3.40. The molecule has 1 aliphatic heterocycles. The molecule has 2 fully saturated rings. The van der Waals surface area contributed by atoms with Gasteiger partial charge in [-0.25, -0.2) is 0 Å². The third-order valence-corrected chi connectivity index (χ3v) is 5.50. The summed E-state index contributed by atoms with van der Waals surface area (Å²) in [7, 11) is 0. The van der Waals surface area contributed by atoms with E-state index in [0.717, 1.165) is 43.8 Å². The maximum Gasteiger partial charge on any atom is 0.228 e. The first-order valence-electron chi connectivity index (χ1n) is 9.01. The number of anilines is 1. The van der Waals surface area contributed by atoms with E-state index < -0.39 is 0 Å². The number of amides is 1. The first kappa shape index (κ1) is 16.2. The molecule has 0 aromatic heterocycles. The van der Waals surface area contributed by atoms with Gasteiger partial charge in [0.15, 0.2) is 5.75 Å². The summed E-state index contributed by atoms with van der Waals surface area (Å²) in [6.07, 6.45) is 3.22. The molecule has 2 aromatic carbocycles. The molecule has 1 saturated heterocycles. The molecule has 1 spiro atoms. The van der Waals surface area contributed by atoms with Gasteiger partial charge in [0, 0.05) is 5.92 Å². The van der Waals surface area contributed by atoms with Crippen LogP contribution in [0.25, 0.3) is 0 Å². The lowest BCUT2D eigenvalue weighted by Crippen LogP contribution is -2.31. The van der Waals surface area contributed by atoms with Crippen LogP contribution in [0.15, 0.2) is 48.5 Å². The van der Waals surface area contributed by atoms with Crippen molar-refractivity contribution in [2.24, 2.45) is 11.3 Å². The molecule has 4 nitrogen and oxygen atoms in total. The summed E-state index contributed by atoms with van der Waals surface area (Å²) in [5.41, 5.74) is 2.17. The van der Waals surface area contributed by atoms with Gasteiger partial charge in [-0.2, -0.15) is 0 Å². The molecule has 4 heteroatoms. The van der Waals surface area contributed by atoms with Crippen molar-refractivity contribution in [3.8, 4) is 11.5 Å². The van der Waals surface area contributed by atoms with Crippen LogP contribution < -0.4 is 15.4 Å². The Morgan fingerprint density at radius 3 is 2.60 bits per heavy atom. The second-order valence-corrected chi connectivity index (χ2v) is 7.27. The van der Waals surface area contributed by atoms with Crippen molar-refractivity contribution in [2.45, 2.75) is 26.2 Å². The van der Waals surface area contributed by atoms with Crippen molar-refractivity contribution in [3.05, 3.63) is 54.1 Å². The van der Waals surface area contributed by atoms with Crippen molar-refractivity contribution < 1.29 is 9.53 Å². The number of para-hydroxylation sites is 2. The summed E-state index contributed by atoms with van der Waals surface area (Å²) in [6, 6.07) is 15.6. The van der Waals surface area contributed by atoms with Gasteiger partial charge in [-0.05, 0) is 69.0 Å². The minimum absolute atomic E-state index is 0.127. The Labute approximate surface area is 148 Å². The van der Waals surface area contributed by atoms with Crippen LogP contribution in [-0.4, -0.2) is 19.0 Å². The Morgan fingerprint density at radius 2 is 1.84 bits per heavy atom. The van der Waals surface area contributed by atoms with Crippen LogP contribution in [0.2, 0.25) is 0 Å². The Hall–Kier alpha value is -2.33. The van der Waals surface area contributed by atoms with Gasteiger partial charge in [0.2, 0.25) is 5.91 Å². The molecule has 4 rings (SSSR count). The quantitative estimate of drug-likeness (QED) is 0.883. The van der Waals surface area contributed by atoms with E-state index in [1.54, 1.807) is 0 Å². The van der Waals surface area contributed by atoms with Crippen molar-refractivity contribution >= 4 is 11.6 Å². The number of piperidine rings is 1. The van der Waals surface area contributed by atoms with Gasteiger partial charge < -0.3 is 15.4 Å². The number of nitrogens with one attached hydrogen (secondary N) is 2.